The van der Waals surface area contributed by atoms with Crippen LogP contribution in [-0.4, -0.2) is 31.4 Å². The van der Waals surface area contributed by atoms with Crippen LogP contribution in [0, 0.1) is 0 Å². The van der Waals surface area contributed by atoms with E-state index in [1.807, 2.05) is 13.8 Å². The highest BCUT2D eigenvalue weighted by Gasteiger charge is 2.30. The molecule has 2 aromatic carbocycles. The number of hydrogen-bond donors (Lipinski definition) is 1. The van der Waals surface area contributed by atoms with Gasteiger partial charge in [0, 0.05) is 11.6 Å². The highest BCUT2D eigenvalue weighted by Crippen LogP contribution is 2.30. The van der Waals surface area contributed by atoms with Crippen LogP contribution in [0.5, 0.6) is 11.5 Å². The van der Waals surface area contributed by atoms with Gasteiger partial charge in [-0.25, -0.2) is 14.5 Å². The second-order valence-corrected chi connectivity index (χ2v) is 8.14. The van der Waals surface area contributed by atoms with Crippen LogP contribution in [0.1, 0.15) is 45.1 Å². The first-order valence-corrected chi connectivity index (χ1v) is 10.1. The Labute approximate surface area is 188 Å². The number of carbonyl (C=O) groups is 1. The van der Waals surface area contributed by atoms with Gasteiger partial charge < -0.3 is 14.6 Å². The summed E-state index contributed by atoms with van der Waals surface area (Å²) < 4.78 is 51.3. The molecule has 0 aliphatic heterocycles. The molecule has 0 amide bonds. The molecule has 0 aliphatic carbocycles. The number of aromatic nitrogens is 3. The molecule has 0 saturated carbocycles. The zero-order valence-corrected chi connectivity index (χ0v) is 18.6. The van der Waals surface area contributed by atoms with Crippen molar-refractivity contribution >= 4 is 5.97 Å². The SMILES string of the molecule is CC(C)n1nc(-c2ccc(C(F)(F)F)cc2)nc1COc1ccc(OC(C)(C)C(=O)O)cc1. The van der Waals surface area contributed by atoms with Crippen LogP contribution >= 0.6 is 0 Å². The molecule has 0 radical (unpaired) electrons. The minimum absolute atomic E-state index is 0.0478. The molecular formula is C23H24F3N3O4. The Morgan fingerprint density at radius 2 is 1.61 bits per heavy atom. The first-order valence-electron chi connectivity index (χ1n) is 10.1. The van der Waals surface area contributed by atoms with Crippen molar-refractivity contribution in [1.82, 2.24) is 14.8 Å². The van der Waals surface area contributed by atoms with Gasteiger partial charge in [0.15, 0.2) is 17.2 Å². The molecule has 0 spiro atoms. The molecule has 10 heteroatoms. The first-order chi connectivity index (χ1) is 15.4. The maximum absolute atomic E-state index is 12.8. The fraction of sp³-hybridized carbons (Fsp3) is 0.348. The van der Waals surface area contributed by atoms with Crippen molar-refractivity contribution in [2.45, 2.75) is 52.1 Å². The lowest BCUT2D eigenvalue weighted by atomic mass is 10.1. The number of rotatable bonds is 8. The Balaban J connectivity index is 1.73. The maximum Gasteiger partial charge on any atom is 0.416 e. The maximum atomic E-state index is 12.8. The number of benzene rings is 2. The molecule has 0 atom stereocenters. The fourth-order valence-corrected chi connectivity index (χ4v) is 2.89. The minimum Gasteiger partial charge on any atom is -0.486 e. The van der Waals surface area contributed by atoms with Crippen LogP contribution in [0.3, 0.4) is 0 Å². The third-order valence-electron chi connectivity index (χ3n) is 4.74. The number of halogens is 3. The van der Waals surface area contributed by atoms with Crippen LogP contribution in [0.25, 0.3) is 11.4 Å². The number of ether oxygens (including phenoxy) is 2. The van der Waals surface area contributed by atoms with Crippen LogP contribution in [-0.2, 0) is 17.6 Å². The Hall–Kier alpha value is -3.56. The number of alkyl halides is 3. The van der Waals surface area contributed by atoms with Gasteiger partial charge in [0.25, 0.3) is 0 Å². The topological polar surface area (TPSA) is 86.5 Å². The van der Waals surface area contributed by atoms with Gasteiger partial charge in [-0.1, -0.05) is 12.1 Å². The predicted molar refractivity (Wildman–Crippen MR) is 114 cm³/mol. The summed E-state index contributed by atoms with van der Waals surface area (Å²) in [6, 6.07) is 11.1. The molecule has 1 aromatic heterocycles. The van der Waals surface area contributed by atoms with Crippen LogP contribution < -0.4 is 9.47 Å². The molecule has 3 aromatic rings. The first kappa shape index (κ1) is 24.1. The number of hydrogen-bond acceptors (Lipinski definition) is 5. The lowest BCUT2D eigenvalue weighted by molar-refractivity contribution is -0.152. The van der Waals surface area contributed by atoms with Crippen molar-refractivity contribution in [3.63, 3.8) is 0 Å². The fourth-order valence-electron chi connectivity index (χ4n) is 2.89. The quantitative estimate of drug-likeness (QED) is 0.484. The second-order valence-electron chi connectivity index (χ2n) is 8.14. The van der Waals surface area contributed by atoms with Crippen LogP contribution in [0.15, 0.2) is 48.5 Å². The average Bonchev–Trinajstić information content (AvgIpc) is 3.17. The molecule has 0 bridgehead atoms. The van der Waals surface area contributed by atoms with Gasteiger partial charge in [-0.3, -0.25) is 0 Å². The second kappa shape index (κ2) is 9.13. The molecule has 1 N–H and O–H groups in total. The normalized spacial score (nSPS) is 12.1. The average molecular weight is 463 g/mol. The van der Waals surface area contributed by atoms with Gasteiger partial charge in [0.05, 0.1) is 5.56 Å². The Morgan fingerprint density at radius 1 is 1.03 bits per heavy atom. The zero-order chi connectivity index (χ0) is 24.4. The van der Waals surface area contributed by atoms with Crippen molar-refractivity contribution in [1.29, 1.82) is 0 Å². The number of carboxylic acids is 1. The van der Waals surface area contributed by atoms with Crippen LogP contribution in [0.2, 0.25) is 0 Å². The third kappa shape index (κ3) is 5.82. The van der Waals surface area contributed by atoms with Gasteiger partial charge >= 0.3 is 12.1 Å². The van der Waals surface area contributed by atoms with Crippen molar-refractivity contribution < 1.29 is 32.5 Å². The number of nitrogens with zero attached hydrogens (tertiary/aromatic N) is 3. The summed E-state index contributed by atoms with van der Waals surface area (Å²) in [7, 11) is 0. The molecular weight excluding hydrogens is 439 g/mol. The van der Waals surface area contributed by atoms with E-state index in [9.17, 15) is 18.0 Å². The van der Waals surface area contributed by atoms with E-state index in [0.717, 1.165) is 12.1 Å². The van der Waals surface area contributed by atoms with Crippen LogP contribution in [0.4, 0.5) is 13.2 Å². The monoisotopic (exact) mass is 463 g/mol. The lowest BCUT2D eigenvalue weighted by Crippen LogP contribution is -2.37. The molecule has 3 rings (SSSR count). The zero-order valence-electron chi connectivity index (χ0n) is 18.6. The molecule has 7 nitrogen and oxygen atoms in total. The number of carboxylic acid groups (broad SMARTS) is 1. The Kier molecular flexibility index (Phi) is 6.66. The molecule has 0 aliphatic rings. The Morgan fingerprint density at radius 3 is 2.12 bits per heavy atom. The van der Waals surface area contributed by atoms with Crippen molar-refractivity contribution in [2.75, 3.05) is 0 Å². The molecule has 0 fully saturated rings. The summed E-state index contributed by atoms with van der Waals surface area (Å²) in [5.74, 6) is 0.608. The van der Waals surface area contributed by atoms with Gasteiger partial charge in [-0.2, -0.15) is 18.3 Å². The third-order valence-corrected chi connectivity index (χ3v) is 4.74. The van der Waals surface area contributed by atoms with E-state index in [0.29, 0.717) is 28.7 Å². The summed E-state index contributed by atoms with van der Waals surface area (Å²) in [5, 5.41) is 13.6. The van der Waals surface area contributed by atoms with E-state index in [2.05, 4.69) is 10.1 Å². The largest absolute Gasteiger partial charge is 0.486 e. The van der Waals surface area contributed by atoms with E-state index in [-0.39, 0.29) is 12.6 Å². The van der Waals surface area contributed by atoms with E-state index in [4.69, 9.17) is 14.6 Å². The molecule has 0 unspecified atom stereocenters. The van der Waals surface area contributed by atoms with Gasteiger partial charge in [0.2, 0.25) is 0 Å². The van der Waals surface area contributed by atoms with Crippen molar-refractivity contribution in [2.24, 2.45) is 0 Å². The highest BCUT2D eigenvalue weighted by molar-refractivity contribution is 5.76. The standard InChI is InChI=1S/C23H24F3N3O4/c1-14(2)29-19(27-20(28-29)15-5-7-16(8-6-15)23(24,25)26)13-32-17-9-11-18(12-10-17)33-22(3,4)21(30)31/h5-12,14H,13H2,1-4H3,(H,30,31). The summed E-state index contributed by atoms with van der Waals surface area (Å²) in [6.07, 6.45) is -4.41. The van der Waals surface area contributed by atoms with E-state index >= 15 is 0 Å². The van der Waals surface area contributed by atoms with Gasteiger partial charge in [0.1, 0.15) is 18.1 Å². The van der Waals surface area contributed by atoms with Gasteiger partial charge in [-0.05, 0) is 64.1 Å². The smallest absolute Gasteiger partial charge is 0.416 e. The molecule has 176 valence electrons. The Bertz CT molecular complexity index is 1110. The molecule has 33 heavy (non-hydrogen) atoms. The summed E-state index contributed by atoms with van der Waals surface area (Å²) >= 11 is 0. The minimum atomic E-state index is -4.41. The number of aliphatic carboxylic acids is 1. The highest BCUT2D eigenvalue weighted by atomic mass is 19.4. The summed E-state index contributed by atoms with van der Waals surface area (Å²) in [4.78, 5) is 15.6. The molecule has 1 heterocycles. The summed E-state index contributed by atoms with van der Waals surface area (Å²) in [5.41, 5.74) is -1.64. The van der Waals surface area contributed by atoms with E-state index in [1.54, 1.807) is 28.9 Å². The summed E-state index contributed by atoms with van der Waals surface area (Å²) in [6.45, 7) is 6.79. The van der Waals surface area contributed by atoms with Crippen molar-refractivity contribution in [3.05, 3.63) is 59.9 Å². The predicted octanol–water partition coefficient (Wildman–Crippen LogP) is 5.37. The van der Waals surface area contributed by atoms with Crippen molar-refractivity contribution in [3.8, 4) is 22.9 Å². The lowest BCUT2D eigenvalue weighted by Gasteiger charge is -2.21. The molecule has 0 saturated heterocycles. The van der Waals surface area contributed by atoms with E-state index in [1.165, 1.54) is 26.0 Å². The van der Waals surface area contributed by atoms with E-state index < -0.39 is 23.3 Å². The van der Waals surface area contributed by atoms with Gasteiger partial charge in [-0.15, -0.1) is 0 Å².